The van der Waals surface area contributed by atoms with Gasteiger partial charge >= 0.3 is 0 Å². The minimum Gasteiger partial charge on any atom is -0.479 e. The van der Waals surface area contributed by atoms with Crippen molar-refractivity contribution in [3.63, 3.8) is 0 Å². The molecule has 108 valence electrons. The van der Waals surface area contributed by atoms with Crippen LogP contribution >= 0.6 is 0 Å². The van der Waals surface area contributed by atoms with E-state index in [0.29, 0.717) is 6.04 Å². The molecule has 0 aliphatic carbocycles. The first-order valence-electron chi connectivity index (χ1n) is 7.07. The van der Waals surface area contributed by atoms with Gasteiger partial charge in [-0.05, 0) is 37.1 Å². The van der Waals surface area contributed by atoms with E-state index in [2.05, 4.69) is 43.4 Å². The van der Waals surface area contributed by atoms with Crippen LogP contribution in [-0.2, 0) is 6.54 Å². The summed E-state index contributed by atoms with van der Waals surface area (Å²) in [5.41, 5.74) is 3.76. The zero-order valence-electron chi connectivity index (χ0n) is 12.5. The number of nitriles is 1. The molecule has 3 nitrogen and oxygen atoms in total. The molecule has 1 N–H and O–H groups in total. The smallest absolute Gasteiger partial charge is 0.174 e. The van der Waals surface area contributed by atoms with Crippen LogP contribution in [0.5, 0.6) is 5.75 Å². The van der Waals surface area contributed by atoms with Gasteiger partial charge in [-0.2, -0.15) is 5.26 Å². The summed E-state index contributed by atoms with van der Waals surface area (Å²) in [7, 11) is 0. The van der Waals surface area contributed by atoms with E-state index in [9.17, 15) is 0 Å². The molecule has 0 saturated heterocycles. The van der Waals surface area contributed by atoms with Gasteiger partial charge in [-0.3, -0.25) is 0 Å². The van der Waals surface area contributed by atoms with E-state index in [4.69, 9.17) is 10.00 Å². The van der Waals surface area contributed by atoms with Crippen molar-refractivity contribution in [1.29, 1.82) is 5.26 Å². The number of hydrogen-bond donors (Lipinski definition) is 1. The number of hydrogen-bond acceptors (Lipinski definition) is 3. The molecule has 2 aromatic carbocycles. The lowest BCUT2D eigenvalue weighted by Gasteiger charge is -2.14. The highest BCUT2D eigenvalue weighted by Gasteiger charge is 2.04. The SMILES string of the molecule is Cc1ccc([C@H](C)NCc2ccc(OCC#N)cc2)cc1. The lowest BCUT2D eigenvalue weighted by Crippen LogP contribution is -2.17. The number of benzene rings is 2. The summed E-state index contributed by atoms with van der Waals surface area (Å²) >= 11 is 0. The number of aryl methyl sites for hydroxylation is 1. The fourth-order valence-corrected chi connectivity index (χ4v) is 2.06. The van der Waals surface area contributed by atoms with Crippen molar-refractivity contribution in [3.8, 4) is 11.8 Å². The van der Waals surface area contributed by atoms with Crippen LogP contribution in [-0.4, -0.2) is 6.61 Å². The molecule has 2 rings (SSSR count). The van der Waals surface area contributed by atoms with Crippen molar-refractivity contribution in [1.82, 2.24) is 5.32 Å². The van der Waals surface area contributed by atoms with Crippen molar-refractivity contribution in [2.75, 3.05) is 6.61 Å². The molecular formula is C18H20N2O. The Hall–Kier alpha value is -2.31. The average molecular weight is 280 g/mol. The fourth-order valence-electron chi connectivity index (χ4n) is 2.06. The molecule has 0 radical (unpaired) electrons. The maximum atomic E-state index is 8.47. The highest BCUT2D eigenvalue weighted by Crippen LogP contribution is 2.15. The molecule has 0 fully saturated rings. The number of rotatable bonds is 6. The first kappa shape index (κ1) is 15.1. The number of ether oxygens (including phenoxy) is 1. The Balaban J connectivity index is 1.87. The zero-order chi connectivity index (χ0) is 15.1. The second-order valence-corrected chi connectivity index (χ2v) is 5.10. The van der Waals surface area contributed by atoms with E-state index in [1.54, 1.807) is 0 Å². The van der Waals surface area contributed by atoms with Crippen LogP contribution < -0.4 is 10.1 Å². The quantitative estimate of drug-likeness (QED) is 0.876. The molecule has 0 aliphatic rings. The zero-order valence-corrected chi connectivity index (χ0v) is 12.5. The standard InChI is InChI=1S/C18H20N2O/c1-14-3-7-17(8-4-14)15(2)20-13-16-5-9-18(10-6-16)21-12-11-19/h3-10,15,20H,12-13H2,1-2H3/t15-/m0/s1. The third kappa shape index (κ3) is 4.62. The van der Waals surface area contributed by atoms with E-state index in [-0.39, 0.29) is 6.61 Å². The highest BCUT2D eigenvalue weighted by atomic mass is 16.5. The van der Waals surface area contributed by atoms with Gasteiger partial charge in [0.05, 0.1) is 0 Å². The van der Waals surface area contributed by atoms with E-state index < -0.39 is 0 Å². The predicted molar refractivity (Wildman–Crippen MR) is 84.0 cm³/mol. The van der Waals surface area contributed by atoms with Gasteiger partial charge in [-0.1, -0.05) is 42.0 Å². The largest absolute Gasteiger partial charge is 0.479 e. The lowest BCUT2D eigenvalue weighted by atomic mass is 10.1. The van der Waals surface area contributed by atoms with Gasteiger partial charge in [0.2, 0.25) is 0 Å². The Morgan fingerprint density at radius 2 is 1.76 bits per heavy atom. The molecular weight excluding hydrogens is 260 g/mol. The molecule has 3 heteroatoms. The van der Waals surface area contributed by atoms with Gasteiger partial charge in [-0.25, -0.2) is 0 Å². The second kappa shape index (κ2) is 7.47. The third-order valence-corrected chi connectivity index (χ3v) is 3.42. The Labute approximate surface area is 126 Å². The first-order valence-corrected chi connectivity index (χ1v) is 7.07. The van der Waals surface area contributed by atoms with Gasteiger partial charge in [0, 0.05) is 12.6 Å². The normalized spacial score (nSPS) is 11.7. The Kier molecular flexibility index (Phi) is 5.36. The van der Waals surface area contributed by atoms with E-state index in [1.807, 2.05) is 30.3 Å². The summed E-state index contributed by atoms with van der Waals surface area (Å²) in [6, 6.07) is 18.7. The van der Waals surface area contributed by atoms with Crippen LogP contribution in [0, 0.1) is 18.3 Å². The monoisotopic (exact) mass is 280 g/mol. The molecule has 21 heavy (non-hydrogen) atoms. The molecule has 0 saturated carbocycles. The Bertz CT molecular complexity index is 597. The molecule has 0 heterocycles. The van der Waals surface area contributed by atoms with E-state index >= 15 is 0 Å². The average Bonchev–Trinajstić information content (AvgIpc) is 2.52. The van der Waals surface area contributed by atoms with Crippen molar-refractivity contribution in [3.05, 3.63) is 65.2 Å². The molecule has 1 atom stereocenters. The molecule has 2 aromatic rings. The van der Waals surface area contributed by atoms with Gasteiger partial charge in [0.15, 0.2) is 6.61 Å². The molecule has 0 aliphatic heterocycles. The summed E-state index contributed by atoms with van der Waals surface area (Å²) in [6.07, 6.45) is 0. The topological polar surface area (TPSA) is 45.0 Å². The van der Waals surface area contributed by atoms with Crippen molar-refractivity contribution < 1.29 is 4.74 Å². The van der Waals surface area contributed by atoms with Crippen LogP contribution in [0.3, 0.4) is 0 Å². The minimum absolute atomic E-state index is 0.0854. The van der Waals surface area contributed by atoms with Gasteiger partial charge in [0.25, 0.3) is 0 Å². The maximum absolute atomic E-state index is 8.47. The lowest BCUT2D eigenvalue weighted by molar-refractivity contribution is 0.368. The Morgan fingerprint density at radius 1 is 1.10 bits per heavy atom. The summed E-state index contributed by atoms with van der Waals surface area (Å²) in [5.74, 6) is 0.729. The number of nitrogens with zero attached hydrogens (tertiary/aromatic N) is 1. The summed E-state index contributed by atoms with van der Waals surface area (Å²) in [6.45, 7) is 5.14. The van der Waals surface area contributed by atoms with Gasteiger partial charge in [-0.15, -0.1) is 0 Å². The van der Waals surface area contributed by atoms with E-state index in [0.717, 1.165) is 12.3 Å². The predicted octanol–water partition coefficient (Wildman–Crippen LogP) is 3.75. The number of nitrogens with one attached hydrogen (secondary N) is 1. The van der Waals surface area contributed by atoms with Crippen LogP contribution in [0.25, 0.3) is 0 Å². The molecule has 0 bridgehead atoms. The van der Waals surface area contributed by atoms with Gasteiger partial charge in [0.1, 0.15) is 11.8 Å². The van der Waals surface area contributed by atoms with Crippen LogP contribution in [0.15, 0.2) is 48.5 Å². The second-order valence-electron chi connectivity index (χ2n) is 5.10. The van der Waals surface area contributed by atoms with E-state index in [1.165, 1.54) is 16.7 Å². The molecule has 0 amide bonds. The van der Waals surface area contributed by atoms with Crippen molar-refractivity contribution in [2.45, 2.75) is 26.4 Å². The van der Waals surface area contributed by atoms with Crippen LogP contribution in [0.1, 0.15) is 29.7 Å². The maximum Gasteiger partial charge on any atom is 0.174 e. The molecule has 0 aromatic heterocycles. The third-order valence-electron chi connectivity index (χ3n) is 3.42. The van der Waals surface area contributed by atoms with Crippen LogP contribution in [0.2, 0.25) is 0 Å². The summed E-state index contributed by atoms with van der Waals surface area (Å²) in [4.78, 5) is 0. The first-order chi connectivity index (χ1) is 10.2. The summed E-state index contributed by atoms with van der Waals surface area (Å²) in [5, 5.41) is 12.0. The van der Waals surface area contributed by atoms with Crippen molar-refractivity contribution in [2.24, 2.45) is 0 Å². The summed E-state index contributed by atoms with van der Waals surface area (Å²) < 4.78 is 5.23. The molecule has 0 unspecified atom stereocenters. The highest BCUT2D eigenvalue weighted by molar-refractivity contribution is 5.28. The fraction of sp³-hybridized carbons (Fsp3) is 0.278. The van der Waals surface area contributed by atoms with Gasteiger partial charge < -0.3 is 10.1 Å². The van der Waals surface area contributed by atoms with Crippen LogP contribution in [0.4, 0.5) is 0 Å². The molecule has 0 spiro atoms. The minimum atomic E-state index is 0.0854. The Morgan fingerprint density at radius 3 is 2.38 bits per heavy atom. The van der Waals surface area contributed by atoms with Crippen molar-refractivity contribution >= 4 is 0 Å².